The molecule has 4 nitrogen and oxygen atoms in total. The highest BCUT2D eigenvalue weighted by molar-refractivity contribution is 5.88. The third kappa shape index (κ3) is 4.22. The maximum Gasteiger partial charge on any atom is 0.230 e. The van der Waals surface area contributed by atoms with Crippen LogP contribution >= 0.6 is 0 Å². The summed E-state index contributed by atoms with van der Waals surface area (Å²) in [5, 5.41) is 3.25. The van der Waals surface area contributed by atoms with E-state index in [0.717, 1.165) is 55.6 Å². The van der Waals surface area contributed by atoms with Gasteiger partial charge in [0, 0.05) is 6.54 Å². The van der Waals surface area contributed by atoms with E-state index < -0.39 is 5.41 Å². The van der Waals surface area contributed by atoms with Crippen molar-refractivity contribution in [3.05, 3.63) is 65.5 Å². The molecule has 160 valence electrons. The van der Waals surface area contributed by atoms with Gasteiger partial charge in [-0.3, -0.25) is 9.69 Å². The van der Waals surface area contributed by atoms with Gasteiger partial charge in [-0.15, -0.1) is 0 Å². The monoisotopic (exact) mass is 410 g/mol. The fourth-order valence-corrected chi connectivity index (χ4v) is 5.13. The summed E-state index contributed by atoms with van der Waals surface area (Å²) in [6.45, 7) is 2.61. The van der Waals surface area contributed by atoms with Crippen LogP contribution < -0.4 is 10.1 Å². The lowest BCUT2D eigenvalue weighted by molar-refractivity contribution is -0.126. The minimum absolute atomic E-state index is 0.0256. The van der Waals surface area contributed by atoms with Crippen molar-refractivity contribution >= 4 is 5.91 Å². The predicted octanol–water partition coefficient (Wildman–Crippen LogP) is 4.60. The molecule has 1 saturated carbocycles. The van der Waals surface area contributed by atoms with E-state index in [-0.39, 0.29) is 17.8 Å². The van der Waals surface area contributed by atoms with Crippen LogP contribution in [-0.2, 0) is 10.2 Å². The van der Waals surface area contributed by atoms with E-state index in [1.54, 1.807) is 13.2 Å². The third-order valence-electron chi connectivity index (χ3n) is 6.78. The van der Waals surface area contributed by atoms with Gasteiger partial charge in [0.25, 0.3) is 0 Å². The lowest BCUT2D eigenvalue weighted by Crippen LogP contribution is -2.46. The Hall–Kier alpha value is -2.40. The Morgan fingerprint density at radius 2 is 1.83 bits per heavy atom. The van der Waals surface area contributed by atoms with E-state index in [2.05, 4.69) is 22.3 Å². The number of hydrogen-bond acceptors (Lipinski definition) is 3. The Kier molecular flexibility index (Phi) is 6.38. The summed E-state index contributed by atoms with van der Waals surface area (Å²) in [5.74, 6) is 0.575. The van der Waals surface area contributed by atoms with Gasteiger partial charge >= 0.3 is 0 Å². The first-order valence-corrected chi connectivity index (χ1v) is 11.0. The number of methoxy groups -OCH3 is 1. The zero-order chi connectivity index (χ0) is 21.0. The molecule has 2 aromatic carbocycles. The van der Waals surface area contributed by atoms with Crippen molar-refractivity contribution in [2.24, 2.45) is 0 Å². The van der Waals surface area contributed by atoms with Gasteiger partial charge in [-0.1, -0.05) is 37.1 Å². The van der Waals surface area contributed by atoms with Crippen LogP contribution in [0.15, 0.2) is 48.5 Å². The van der Waals surface area contributed by atoms with Crippen LogP contribution in [0, 0.1) is 5.82 Å². The first kappa shape index (κ1) is 20.9. The van der Waals surface area contributed by atoms with Crippen molar-refractivity contribution in [1.29, 1.82) is 0 Å². The van der Waals surface area contributed by atoms with E-state index >= 15 is 0 Å². The minimum Gasteiger partial charge on any atom is -0.497 e. The molecule has 4 rings (SSSR count). The maximum atomic E-state index is 13.9. The molecule has 1 unspecified atom stereocenters. The quantitative estimate of drug-likeness (QED) is 0.725. The molecule has 1 aliphatic heterocycles. The molecule has 0 bridgehead atoms. The number of rotatable bonds is 7. The number of benzene rings is 2. The number of carbonyl (C=O) groups excluding carboxylic acids is 1. The Balaban J connectivity index is 1.55. The van der Waals surface area contributed by atoms with Crippen LogP contribution in [0.2, 0.25) is 0 Å². The summed E-state index contributed by atoms with van der Waals surface area (Å²) in [5.41, 5.74) is 1.34. The third-order valence-corrected chi connectivity index (χ3v) is 6.78. The highest BCUT2D eigenvalue weighted by atomic mass is 19.1. The highest BCUT2D eigenvalue weighted by Crippen LogP contribution is 2.41. The highest BCUT2D eigenvalue weighted by Gasteiger charge is 2.43. The van der Waals surface area contributed by atoms with Crippen LogP contribution in [0.25, 0.3) is 0 Å². The van der Waals surface area contributed by atoms with Crippen molar-refractivity contribution in [1.82, 2.24) is 10.2 Å². The lowest BCUT2D eigenvalue weighted by atomic mass is 9.78. The summed E-state index contributed by atoms with van der Waals surface area (Å²) >= 11 is 0. The molecule has 0 aromatic heterocycles. The number of hydrogen-bond donors (Lipinski definition) is 1. The van der Waals surface area contributed by atoms with Crippen LogP contribution in [0.4, 0.5) is 4.39 Å². The van der Waals surface area contributed by atoms with Crippen molar-refractivity contribution in [2.75, 3.05) is 26.7 Å². The van der Waals surface area contributed by atoms with Crippen LogP contribution in [0.3, 0.4) is 0 Å². The topological polar surface area (TPSA) is 41.6 Å². The molecule has 1 N–H and O–H groups in total. The first-order valence-electron chi connectivity index (χ1n) is 11.0. The zero-order valence-corrected chi connectivity index (χ0v) is 17.7. The van der Waals surface area contributed by atoms with E-state index in [0.29, 0.717) is 6.54 Å². The van der Waals surface area contributed by atoms with Gasteiger partial charge in [-0.25, -0.2) is 4.39 Å². The van der Waals surface area contributed by atoms with Crippen LogP contribution in [0.1, 0.15) is 55.7 Å². The summed E-state index contributed by atoms with van der Waals surface area (Å²) in [6, 6.07) is 14.8. The van der Waals surface area contributed by atoms with E-state index in [9.17, 15) is 9.18 Å². The van der Waals surface area contributed by atoms with Gasteiger partial charge in [0.2, 0.25) is 5.91 Å². The molecule has 2 fully saturated rings. The van der Waals surface area contributed by atoms with Gasteiger partial charge in [0.15, 0.2) is 0 Å². The molecule has 0 radical (unpaired) electrons. The fraction of sp³-hybridized carbons (Fsp3) is 0.480. The van der Waals surface area contributed by atoms with E-state index in [4.69, 9.17) is 4.74 Å². The molecule has 30 heavy (non-hydrogen) atoms. The van der Waals surface area contributed by atoms with Gasteiger partial charge in [0.05, 0.1) is 18.6 Å². The smallest absolute Gasteiger partial charge is 0.230 e. The second kappa shape index (κ2) is 9.17. The average Bonchev–Trinajstić information content (AvgIpc) is 3.47. The Morgan fingerprint density at radius 3 is 2.53 bits per heavy atom. The van der Waals surface area contributed by atoms with Crippen molar-refractivity contribution in [3.8, 4) is 5.75 Å². The van der Waals surface area contributed by atoms with Crippen molar-refractivity contribution in [2.45, 2.75) is 50.0 Å². The summed E-state index contributed by atoms with van der Waals surface area (Å²) in [7, 11) is 1.68. The van der Waals surface area contributed by atoms with Crippen LogP contribution in [0.5, 0.6) is 5.75 Å². The number of likely N-dealkylation sites (tertiary alicyclic amines) is 1. The van der Waals surface area contributed by atoms with Gasteiger partial charge in [-0.05, 0) is 74.2 Å². The first-order chi connectivity index (χ1) is 14.6. The number of ether oxygens (including phenoxy) is 1. The lowest BCUT2D eigenvalue weighted by Gasteiger charge is -2.32. The molecular weight excluding hydrogens is 379 g/mol. The molecule has 2 aromatic rings. The largest absolute Gasteiger partial charge is 0.497 e. The number of amides is 1. The van der Waals surface area contributed by atoms with Gasteiger partial charge < -0.3 is 10.1 Å². The molecule has 1 aliphatic carbocycles. The minimum atomic E-state index is -0.619. The number of nitrogens with one attached hydrogen (secondary N) is 1. The molecule has 1 atom stereocenters. The number of halogens is 1. The normalized spacial score (nSPS) is 19.5. The second-order valence-corrected chi connectivity index (χ2v) is 8.55. The standard InChI is InChI=1S/C25H31FN2O2/c1-30-22-11-6-8-19(16-22)23(28-14-4-5-15-28)18-27-24(29)25(12-2-3-13-25)20-9-7-10-21(26)17-20/h6-11,16-17,23H,2-5,12-15,18H2,1H3,(H,27,29). The molecule has 1 amide bonds. The number of carbonyl (C=O) groups is 1. The molecular formula is C25H31FN2O2. The predicted molar refractivity (Wildman–Crippen MR) is 116 cm³/mol. The number of nitrogens with zero attached hydrogens (tertiary/aromatic N) is 1. The molecule has 0 spiro atoms. The summed E-state index contributed by atoms with van der Waals surface area (Å²) in [6.07, 6.45) is 5.90. The molecule has 1 saturated heterocycles. The van der Waals surface area contributed by atoms with E-state index in [1.807, 2.05) is 18.2 Å². The molecule has 1 heterocycles. The second-order valence-electron chi connectivity index (χ2n) is 8.55. The molecule has 2 aliphatic rings. The molecule has 5 heteroatoms. The zero-order valence-electron chi connectivity index (χ0n) is 17.7. The van der Waals surface area contributed by atoms with E-state index in [1.165, 1.54) is 25.0 Å². The average molecular weight is 411 g/mol. The SMILES string of the molecule is COc1cccc(C(CNC(=O)C2(c3cccc(F)c3)CCCC2)N2CCCC2)c1. The Morgan fingerprint density at radius 1 is 1.10 bits per heavy atom. The Bertz CT molecular complexity index is 873. The van der Waals surface area contributed by atoms with Gasteiger partial charge in [-0.2, -0.15) is 0 Å². The van der Waals surface area contributed by atoms with Crippen molar-refractivity contribution < 1.29 is 13.9 Å². The van der Waals surface area contributed by atoms with Crippen molar-refractivity contribution in [3.63, 3.8) is 0 Å². The summed E-state index contributed by atoms with van der Waals surface area (Å²) < 4.78 is 19.3. The van der Waals surface area contributed by atoms with Gasteiger partial charge in [0.1, 0.15) is 11.6 Å². The van der Waals surface area contributed by atoms with Crippen LogP contribution in [-0.4, -0.2) is 37.6 Å². The maximum absolute atomic E-state index is 13.9. The summed E-state index contributed by atoms with van der Waals surface area (Å²) in [4.78, 5) is 15.9. The fourth-order valence-electron chi connectivity index (χ4n) is 5.13. The Labute approximate surface area is 178 Å².